The number of alkyl halides is 3. The van der Waals surface area contributed by atoms with E-state index in [1.54, 1.807) is 24.4 Å². The van der Waals surface area contributed by atoms with Crippen LogP contribution in [0.5, 0.6) is 5.75 Å². The standard InChI is InChI=1S/C25H26F3N5O2/c26-25(27,28)22-13-20(5-1-19(22)15-33-11-9-30-10-12-33)32-24(34)16-35-21-6-2-17(3-7-21)18-4-8-23(29)31-14-18/h1-8,13-14,30H,9-12,15-16H2,(H2,29,31)(H,32,34)/p+1. The molecule has 1 aromatic heterocycles. The molecule has 5 N–H and O–H groups in total. The molecule has 0 bridgehead atoms. The van der Waals surface area contributed by atoms with Gasteiger partial charge in [0.05, 0.1) is 11.8 Å². The molecule has 0 radical (unpaired) electrons. The topological polar surface area (TPSA) is 93.8 Å². The highest BCUT2D eigenvalue weighted by atomic mass is 19.4. The molecule has 2 aromatic carbocycles. The summed E-state index contributed by atoms with van der Waals surface area (Å²) in [5.74, 6) is 0.465. The molecular formula is C25H27F3N5O2+. The number of nitrogens with two attached hydrogens (primary N) is 1. The molecule has 1 saturated heterocycles. The number of rotatable bonds is 7. The van der Waals surface area contributed by atoms with Crippen molar-refractivity contribution in [2.24, 2.45) is 0 Å². The molecule has 1 aliphatic rings. The first-order chi connectivity index (χ1) is 16.8. The average Bonchev–Trinajstić information content (AvgIpc) is 2.84. The number of benzene rings is 2. The highest BCUT2D eigenvalue weighted by Crippen LogP contribution is 2.34. The van der Waals surface area contributed by atoms with Crippen LogP contribution in [-0.2, 0) is 17.5 Å². The van der Waals surface area contributed by atoms with E-state index in [0.29, 0.717) is 24.7 Å². The number of hydrogen-bond acceptors (Lipinski definition) is 5. The van der Waals surface area contributed by atoms with Gasteiger partial charge in [0.25, 0.3) is 11.7 Å². The highest BCUT2D eigenvalue weighted by Gasteiger charge is 2.34. The maximum absolute atomic E-state index is 13.7. The molecule has 10 heteroatoms. The number of aromatic nitrogens is 1. The van der Waals surface area contributed by atoms with Gasteiger partial charge in [-0.2, -0.15) is 13.2 Å². The third-order valence-electron chi connectivity index (χ3n) is 5.70. The van der Waals surface area contributed by atoms with E-state index in [1.165, 1.54) is 12.1 Å². The number of nitrogen functional groups attached to an aromatic ring is 1. The Kier molecular flexibility index (Phi) is 7.52. The van der Waals surface area contributed by atoms with Crippen molar-refractivity contribution in [3.63, 3.8) is 0 Å². The first-order valence-corrected chi connectivity index (χ1v) is 11.2. The summed E-state index contributed by atoms with van der Waals surface area (Å²) in [5.41, 5.74) is 7.03. The Hall–Kier alpha value is -3.63. The third kappa shape index (κ3) is 6.71. The largest absolute Gasteiger partial charge is 0.484 e. The summed E-state index contributed by atoms with van der Waals surface area (Å²) in [5, 5.41) is 5.68. The molecule has 184 valence electrons. The zero-order chi connectivity index (χ0) is 24.8. The smallest absolute Gasteiger partial charge is 0.416 e. The minimum atomic E-state index is -4.52. The van der Waals surface area contributed by atoms with Crippen LogP contribution in [-0.4, -0.2) is 43.6 Å². The summed E-state index contributed by atoms with van der Waals surface area (Å²) < 4.78 is 46.6. The number of anilines is 2. The highest BCUT2D eigenvalue weighted by molar-refractivity contribution is 5.92. The number of piperazine rings is 1. The van der Waals surface area contributed by atoms with Crippen LogP contribution in [0.3, 0.4) is 0 Å². The molecule has 0 aliphatic carbocycles. The second-order valence-corrected chi connectivity index (χ2v) is 8.29. The first-order valence-electron chi connectivity index (χ1n) is 11.2. The van der Waals surface area contributed by atoms with Gasteiger partial charge in [-0.15, -0.1) is 0 Å². The Morgan fingerprint density at radius 3 is 2.43 bits per heavy atom. The summed E-state index contributed by atoms with van der Waals surface area (Å²) in [6.07, 6.45) is -2.74. The van der Waals surface area contributed by atoms with Crippen molar-refractivity contribution in [2.45, 2.75) is 12.7 Å². The number of pyridine rings is 1. The van der Waals surface area contributed by atoms with Crippen molar-refractivity contribution in [1.82, 2.24) is 10.2 Å². The normalized spacial score (nSPS) is 14.5. The Bertz CT molecular complexity index is 1150. The molecule has 0 atom stereocenters. The predicted octanol–water partition coefficient (Wildman–Crippen LogP) is 3.19. The van der Waals surface area contributed by atoms with E-state index in [2.05, 4.69) is 15.6 Å². The maximum Gasteiger partial charge on any atom is 0.416 e. The zero-order valence-electron chi connectivity index (χ0n) is 19.0. The number of carbonyl (C=O) groups excluding carboxylic acids is 1. The second kappa shape index (κ2) is 10.7. The van der Waals surface area contributed by atoms with E-state index < -0.39 is 17.6 Å². The van der Waals surface area contributed by atoms with E-state index in [1.807, 2.05) is 23.1 Å². The predicted molar refractivity (Wildman–Crippen MR) is 127 cm³/mol. The lowest BCUT2D eigenvalue weighted by atomic mass is 10.0. The number of nitrogens with one attached hydrogen (secondary N) is 3. The lowest BCUT2D eigenvalue weighted by molar-refractivity contribution is -0.359. The van der Waals surface area contributed by atoms with Crippen LogP contribution in [0.15, 0.2) is 60.8 Å². The van der Waals surface area contributed by atoms with E-state index in [9.17, 15) is 18.0 Å². The van der Waals surface area contributed by atoms with Gasteiger partial charge in [-0.05, 0) is 41.5 Å². The van der Waals surface area contributed by atoms with Crippen LogP contribution >= 0.6 is 0 Å². The fraction of sp³-hybridized carbons (Fsp3) is 0.280. The summed E-state index contributed by atoms with van der Waals surface area (Å²) in [6, 6.07) is 14.6. The van der Waals surface area contributed by atoms with Crippen molar-refractivity contribution in [2.75, 3.05) is 43.8 Å². The van der Waals surface area contributed by atoms with Gasteiger partial charge in [0.1, 0.15) is 5.75 Å². The monoisotopic (exact) mass is 486 g/mol. The molecule has 4 rings (SSSR count). The first kappa shape index (κ1) is 24.5. The fourth-order valence-corrected chi connectivity index (χ4v) is 3.87. The molecule has 2 heterocycles. The van der Waals surface area contributed by atoms with Crippen molar-refractivity contribution in [1.29, 1.82) is 0 Å². The van der Waals surface area contributed by atoms with Crippen LogP contribution in [0.4, 0.5) is 24.7 Å². The summed E-state index contributed by atoms with van der Waals surface area (Å²) in [7, 11) is 0. The van der Waals surface area contributed by atoms with Gasteiger partial charge in [0.15, 0.2) is 6.61 Å². The second-order valence-electron chi connectivity index (χ2n) is 8.29. The number of halogens is 3. The fourth-order valence-electron chi connectivity index (χ4n) is 3.87. The van der Waals surface area contributed by atoms with Crippen molar-refractivity contribution in [3.05, 3.63) is 71.9 Å². The molecule has 35 heavy (non-hydrogen) atoms. The molecule has 0 unspecified atom stereocenters. The summed E-state index contributed by atoms with van der Waals surface area (Å²) in [4.78, 5) is 17.2. The zero-order valence-corrected chi connectivity index (χ0v) is 19.0. The molecule has 1 aliphatic heterocycles. The summed E-state index contributed by atoms with van der Waals surface area (Å²) in [6.45, 7) is 2.74. The Labute approximate surface area is 201 Å². The number of hydrogen-bond donors (Lipinski definition) is 3. The average molecular weight is 487 g/mol. The van der Waals surface area contributed by atoms with Crippen LogP contribution in [0, 0.1) is 0 Å². The lowest BCUT2D eigenvalue weighted by Gasteiger charge is -2.28. The molecule has 0 saturated carbocycles. The van der Waals surface area contributed by atoms with Gasteiger partial charge in [0, 0.05) is 50.0 Å². The molecule has 1 amide bonds. The number of aromatic amines is 1. The van der Waals surface area contributed by atoms with Gasteiger partial charge in [-0.1, -0.05) is 18.2 Å². The van der Waals surface area contributed by atoms with Crippen LogP contribution in [0.25, 0.3) is 11.1 Å². The number of nitrogens with zero attached hydrogens (tertiary/aromatic N) is 1. The third-order valence-corrected chi connectivity index (χ3v) is 5.70. The molecular weight excluding hydrogens is 459 g/mol. The van der Waals surface area contributed by atoms with Crippen molar-refractivity contribution < 1.29 is 27.7 Å². The van der Waals surface area contributed by atoms with Crippen molar-refractivity contribution >= 4 is 17.4 Å². The minimum Gasteiger partial charge on any atom is -0.484 e. The Morgan fingerprint density at radius 2 is 1.77 bits per heavy atom. The lowest BCUT2D eigenvalue weighted by Crippen LogP contribution is -2.43. The van der Waals surface area contributed by atoms with E-state index in [4.69, 9.17) is 10.5 Å². The summed E-state index contributed by atoms with van der Waals surface area (Å²) >= 11 is 0. The van der Waals surface area contributed by atoms with Crippen LogP contribution in [0.1, 0.15) is 11.1 Å². The number of ether oxygens (including phenoxy) is 1. The molecule has 7 nitrogen and oxygen atoms in total. The maximum atomic E-state index is 13.7. The number of H-pyrrole nitrogens is 1. The number of carbonyl (C=O) groups is 1. The number of amides is 1. The van der Waals surface area contributed by atoms with E-state index in [-0.39, 0.29) is 24.4 Å². The van der Waals surface area contributed by atoms with Crippen LogP contribution in [0.2, 0.25) is 0 Å². The van der Waals surface area contributed by atoms with Crippen LogP contribution < -0.4 is 26.1 Å². The molecule has 1 fully saturated rings. The minimum absolute atomic E-state index is 0.0740. The Balaban J connectivity index is 1.36. The SMILES string of the molecule is Nc1ccc(-c2ccc(OCC(=O)Nc3ccc(CN4CCNCC4)c(C(F)(F)F)c3)cc2)c[nH+]1. The quantitative estimate of drug-likeness (QED) is 0.477. The Morgan fingerprint density at radius 1 is 1.06 bits per heavy atom. The van der Waals surface area contributed by atoms with Gasteiger partial charge in [-0.3, -0.25) is 15.4 Å². The molecule has 0 spiro atoms. The van der Waals surface area contributed by atoms with Gasteiger partial charge in [-0.25, -0.2) is 4.98 Å². The van der Waals surface area contributed by atoms with Gasteiger partial charge in [0.2, 0.25) is 0 Å². The van der Waals surface area contributed by atoms with Gasteiger partial charge < -0.3 is 15.4 Å². The molecule has 3 aromatic rings. The van der Waals surface area contributed by atoms with Gasteiger partial charge >= 0.3 is 6.18 Å². The van der Waals surface area contributed by atoms with E-state index >= 15 is 0 Å². The van der Waals surface area contributed by atoms with Crippen molar-refractivity contribution in [3.8, 4) is 16.9 Å². The van der Waals surface area contributed by atoms with E-state index in [0.717, 1.165) is 30.3 Å².